The van der Waals surface area contributed by atoms with Gasteiger partial charge in [0.05, 0.1) is 27.4 Å². The third-order valence-corrected chi connectivity index (χ3v) is 6.08. The van der Waals surface area contributed by atoms with Crippen LogP contribution in [0.5, 0.6) is 0 Å². The zero-order chi connectivity index (χ0) is 23.4. The van der Waals surface area contributed by atoms with Crippen LogP contribution in [0.2, 0.25) is 5.02 Å². The van der Waals surface area contributed by atoms with E-state index in [1.165, 1.54) is 12.1 Å². The van der Waals surface area contributed by atoms with Crippen molar-refractivity contribution in [3.8, 4) is 0 Å². The molecule has 3 aromatic rings. The molecule has 7 nitrogen and oxygen atoms in total. The van der Waals surface area contributed by atoms with E-state index in [1.54, 1.807) is 18.7 Å². The number of rotatable bonds is 8. The summed E-state index contributed by atoms with van der Waals surface area (Å²) in [6, 6.07) is 7.26. The molecule has 2 aromatic carbocycles. The summed E-state index contributed by atoms with van der Waals surface area (Å²) in [5.41, 5.74) is -1.33. The minimum Gasteiger partial charge on any atom is -0.352 e. The lowest BCUT2D eigenvalue weighted by molar-refractivity contribution is -0.137. The lowest BCUT2D eigenvalue weighted by atomic mass is 10.2. The average Bonchev–Trinajstić information content (AvgIpc) is 3.24. The second kappa shape index (κ2) is 9.61. The summed E-state index contributed by atoms with van der Waals surface area (Å²) >= 11 is 6.05. The Balaban J connectivity index is 1.71. The molecule has 32 heavy (non-hydrogen) atoms. The van der Waals surface area contributed by atoms with E-state index in [0.29, 0.717) is 25.6 Å². The quantitative estimate of drug-likeness (QED) is 0.467. The number of hydrogen-bond acceptors (Lipinski definition) is 4. The molecule has 2 N–H and O–H groups in total. The number of nitrogens with one attached hydrogen (secondary N) is 2. The Hall–Kier alpha value is -3.05. The van der Waals surface area contributed by atoms with Gasteiger partial charge in [-0.2, -0.15) is 13.2 Å². The van der Waals surface area contributed by atoms with E-state index in [-0.39, 0.29) is 21.2 Å². The van der Waals surface area contributed by atoms with Gasteiger partial charge in [-0.25, -0.2) is 13.4 Å². The molecule has 0 atom stereocenters. The highest BCUT2D eigenvalue weighted by Crippen LogP contribution is 2.31. The Morgan fingerprint density at radius 2 is 1.94 bits per heavy atom. The van der Waals surface area contributed by atoms with E-state index >= 15 is 0 Å². The second-order valence-electron chi connectivity index (χ2n) is 6.74. The molecule has 0 spiro atoms. The molecule has 0 aliphatic heterocycles. The predicted octanol–water partition coefficient (Wildman–Crippen LogP) is 4.18. The number of nitrogens with zero attached hydrogens (tertiary/aromatic N) is 2. The van der Waals surface area contributed by atoms with Gasteiger partial charge in [0, 0.05) is 31.2 Å². The number of benzene rings is 2. The third kappa shape index (κ3) is 6.01. The number of sulfonamides is 1. The minimum atomic E-state index is -4.62. The summed E-state index contributed by atoms with van der Waals surface area (Å²) in [4.78, 5) is 16.1. The molecule has 0 saturated carbocycles. The number of imidazole rings is 1. The number of carbonyl (C=O) groups excluding carboxylic acids is 1. The standard InChI is InChI=1S/C20H18ClF3N4O3S/c21-18-6-5-16(12-17(18)19(29)26-7-2-9-28-10-8-25-13-28)32(30,31)27-15-4-1-3-14(11-15)20(22,23)24/h1,3-6,8,10-13,27H,2,7,9H2,(H,26,29). The van der Waals surface area contributed by atoms with Gasteiger partial charge in [-0.1, -0.05) is 17.7 Å². The smallest absolute Gasteiger partial charge is 0.352 e. The summed E-state index contributed by atoms with van der Waals surface area (Å²) in [5, 5.41) is 2.69. The van der Waals surface area contributed by atoms with Crippen molar-refractivity contribution in [2.75, 3.05) is 11.3 Å². The highest BCUT2D eigenvalue weighted by atomic mass is 35.5. The lowest BCUT2D eigenvalue weighted by Gasteiger charge is -2.13. The first-order valence-corrected chi connectivity index (χ1v) is 11.2. The number of aromatic nitrogens is 2. The molecule has 1 amide bonds. The first kappa shape index (κ1) is 23.6. The fourth-order valence-corrected chi connectivity index (χ4v) is 4.08. The van der Waals surface area contributed by atoms with Crippen molar-refractivity contribution >= 4 is 33.2 Å². The summed E-state index contributed by atoms with van der Waals surface area (Å²) in [6.07, 6.45) is 1.05. The SMILES string of the molecule is O=C(NCCCn1ccnc1)c1cc(S(=O)(=O)Nc2cccc(C(F)(F)F)c2)ccc1Cl. The Kier molecular flexibility index (Phi) is 7.09. The van der Waals surface area contributed by atoms with E-state index in [4.69, 9.17) is 11.6 Å². The van der Waals surface area contributed by atoms with Crippen LogP contribution >= 0.6 is 11.6 Å². The van der Waals surface area contributed by atoms with Crippen molar-refractivity contribution < 1.29 is 26.4 Å². The molecule has 1 heterocycles. The van der Waals surface area contributed by atoms with E-state index in [0.717, 1.165) is 24.3 Å². The van der Waals surface area contributed by atoms with E-state index < -0.39 is 27.7 Å². The molecule has 0 fully saturated rings. The van der Waals surface area contributed by atoms with E-state index in [9.17, 15) is 26.4 Å². The van der Waals surface area contributed by atoms with Crippen LogP contribution in [0.1, 0.15) is 22.3 Å². The third-order valence-electron chi connectivity index (χ3n) is 4.37. The van der Waals surface area contributed by atoms with Crippen LogP contribution in [0.25, 0.3) is 0 Å². The molecular formula is C20H18ClF3N4O3S. The maximum atomic E-state index is 12.9. The molecule has 0 bridgehead atoms. The second-order valence-corrected chi connectivity index (χ2v) is 8.83. The summed E-state index contributed by atoms with van der Waals surface area (Å²) in [5.74, 6) is -0.572. The number of anilines is 1. The lowest BCUT2D eigenvalue weighted by Crippen LogP contribution is -2.26. The minimum absolute atomic E-state index is 0.0372. The zero-order valence-corrected chi connectivity index (χ0v) is 18.0. The van der Waals surface area contributed by atoms with Crippen molar-refractivity contribution in [2.24, 2.45) is 0 Å². The van der Waals surface area contributed by atoms with Gasteiger partial charge in [0.2, 0.25) is 0 Å². The normalized spacial score (nSPS) is 11.9. The summed E-state index contributed by atoms with van der Waals surface area (Å²) < 4.78 is 67.9. The van der Waals surface area contributed by atoms with Crippen molar-refractivity contribution in [3.63, 3.8) is 0 Å². The van der Waals surface area contributed by atoms with E-state index in [2.05, 4.69) is 15.0 Å². The highest BCUT2D eigenvalue weighted by Gasteiger charge is 2.30. The fourth-order valence-electron chi connectivity index (χ4n) is 2.80. The molecule has 0 radical (unpaired) electrons. The Labute approximate surface area is 187 Å². The van der Waals surface area contributed by atoms with E-state index in [1.807, 2.05) is 4.57 Å². The Morgan fingerprint density at radius 3 is 2.62 bits per heavy atom. The van der Waals surface area contributed by atoms with Gasteiger partial charge < -0.3 is 9.88 Å². The van der Waals surface area contributed by atoms with Crippen molar-refractivity contribution in [1.29, 1.82) is 0 Å². The maximum absolute atomic E-state index is 12.9. The Morgan fingerprint density at radius 1 is 1.16 bits per heavy atom. The first-order valence-electron chi connectivity index (χ1n) is 9.30. The molecule has 3 rings (SSSR count). The average molecular weight is 487 g/mol. The van der Waals surface area contributed by atoms with Gasteiger partial charge in [-0.05, 0) is 42.8 Å². The topological polar surface area (TPSA) is 93.1 Å². The van der Waals surface area contributed by atoms with Crippen LogP contribution in [0.4, 0.5) is 18.9 Å². The van der Waals surface area contributed by atoms with Crippen LogP contribution < -0.4 is 10.0 Å². The number of carbonyl (C=O) groups is 1. The van der Waals surface area contributed by atoms with Crippen molar-refractivity contribution in [3.05, 3.63) is 77.3 Å². The number of amides is 1. The van der Waals surface area contributed by atoms with Gasteiger partial charge in [-0.3, -0.25) is 9.52 Å². The number of hydrogen-bond donors (Lipinski definition) is 2. The summed E-state index contributed by atoms with van der Waals surface area (Å²) in [6.45, 7) is 0.941. The molecule has 1 aromatic heterocycles. The van der Waals surface area contributed by atoms with Crippen molar-refractivity contribution in [2.45, 2.75) is 24.0 Å². The number of halogens is 4. The van der Waals surface area contributed by atoms with Crippen LogP contribution in [0.3, 0.4) is 0 Å². The maximum Gasteiger partial charge on any atom is 0.416 e. The molecule has 170 valence electrons. The molecule has 0 unspecified atom stereocenters. The zero-order valence-electron chi connectivity index (χ0n) is 16.4. The molecule has 0 saturated heterocycles. The number of aryl methyl sites for hydroxylation is 1. The van der Waals surface area contributed by atoms with Crippen LogP contribution in [0, 0.1) is 0 Å². The Bertz CT molecular complexity index is 1200. The van der Waals surface area contributed by atoms with Crippen LogP contribution in [0.15, 0.2) is 66.1 Å². The van der Waals surface area contributed by atoms with Gasteiger partial charge in [0.25, 0.3) is 15.9 Å². The summed E-state index contributed by atoms with van der Waals surface area (Å²) in [7, 11) is -4.27. The van der Waals surface area contributed by atoms with Gasteiger partial charge in [0.15, 0.2) is 0 Å². The van der Waals surface area contributed by atoms with Crippen LogP contribution in [-0.4, -0.2) is 30.4 Å². The molecular weight excluding hydrogens is 469 g/mol. The van der Waals surface area contributed by atoms with Gasteiger partial charge in [0.1, 0.15) is 0 Å². The molecule has 0 aliphatic rings. The van der Waals surface area contributed by atoms with Crippen LogP contribution in [-0.2, 0) is 22.7 Å². The van der Waals surface area contributed by atoms with Crippen molar-refractivity contribution in [1.82, 2.24) is 14.9 Å². The van der Waals surface area contributed by atoms with Gasteiger partial charge >= 0.3 is 6.18 Å². The molecule has 0 aliphatic carbocycles. The number of alkyl halides is 3. The fraction of sp³-hybridized carbons (Fsp3) is 0.200. The first-order chi connectivity index (χ1) is 15.1. The monoisotopic (exact) mass is 486 g/mol. The predicted molar refractivity (Wildman–Crippen MR) is 113 cm³/mol. The van der Waals surface area contributed by atoms with Gasteiger partial charge in [-0.15, -0.1) is 0 Å². The highest BCUT2D eigenvalue weighted by molar-refractivity contribution is 7.92. The largest absolute Gasteiger partial charge is 0.416 e. The molecule has 12 heteroatoms.